The average Bonchev–Trinajstić information content (AvgIpc) is 2.84. The minimum atomic E-state index is 0.903. The smallest absolute Gasteiger partial charge is 0.185 e. The van der Waals surface area contributed by atoms with Crippen LogP contribution in [0, 0.1) is 0 Å². The second-order valence-corrected chi connectivity index (χ2v) is 5.94. The second-order valence-electron chi connectivity index (χ2n) is 5.94. The van der Waals surface area contributed by atoms with Crippen LogP contribution >= 0.6 is 0 Å². The number of hydrogen-bond donors (Lipinski definition) is 0. The van der Waals surface area contributed by atoms with Crippen molar-refractivity contribution >= 4 is 27.3 Å². The van der Waals surface area contributed by atoms with E-state index in [2.05, 4.69) is 34.9 Å². The molecule has 19 heavy (non-hydrogen) atoms. The molecule has 1 saturated heterocycles. The van der Waals surface area contributed by atoms with Crippen molar-refractivity contribution in [3.63, 3.8) is 0 Å². The van der Waals surface area contributed by atoms with Crippen LogP contribution in [0.5, 0.6) is 0 Å². The van der Waals surface area contributed by atoms with Gasteiger partial charge < -0.3 is 4.81 Å². The Labute approximate surface area is 117 Å². The van der Waals surface area contributed by atoms with E-state index in [1.807, 2.05) is 6.21 Å². The molecule has 0 aliphatic carbocycles. The Balaban J connectivity index is 1.52. The summed E-state index contributed by atoms with van der Waals surface area (Å²) in [5.41, 5.74) is 2.52. The Morgan fingerprint density at radius 3 is 3.21 bits per heavy atom. The van der Waals surface area contributed by atoms with Gasteiger partial charge in [0.05, 0.1) is 0 Å². The van der Waals surface area contributed by atoms with Gasteiger partial charge in [-0.3, -0.25) is 0 Å². The van der Waals surface area contributed by atoms with Crippen LogP contribution in [0.4, 0.5) is 5.82 Å². The van der Waals surface area contributed by atoms with Crippen molar-refractivity contribution in [1.29, 1.82) is 0 Å². The van der Waals surface area contributed by atoms with Gasteiger partial charge in [-0.1, -0.05) is 18.2 Å². The van der Waals surface area contributed by atoms with Gasteiger partial charge in [0, 0.05) is 11.9 Å². The predicted molar refractivity (Wildman–Crippen MR) is 84.9 cm³/mol. The standard InChI is InChI=1S/C14H21B2N3/c15-19-9-6-12(10-19)16-7-5-13-4-3-11-2-1-8-17-14(11)18-13/h3-4,8,12,16H,1-2,5-7,9-10,15H2. The van der Waals surface area contributed by atoms with Crippen molar-refractivity contribution in [2.24, 2.45) is 4.99 Å². The summed E-state index contributed by atoms with van der Waals surface area (Å²) >= 11 is 0. The van der Waals surface area contributed by atoms with Crippen LogP contribution in [0.2, 0.25) is 12.1 Å². The van der Waals surface area contributed by atoms with E-state index in [0.717, 1.165) is 30.9 Å². The van der Waals surface area contributed by atoms with Gasteiger partial charge in [0.15, 0.2) is 13.8 Å². The predicted octanol–water partition coefficient (Wildman–Crippen LogP) is 1.17. The fourth-order valence-corrected chi connectivity index (χ4v) is 3.17. The molecular formula is C14H21B2N3. The SMILES string of the molecule is BN1CCC(BCCc2ccc3c(n2)N=CCC3)C1. The maximum Gasteiger partial charge on any atom is 0.185 e. The van der Waals surface area contributed by atoms with Crippen molar-refractivity contribution in [3.8, 4) is 0 Å². The number of aryl methyl sites for hydroxylation is 2. The molecule has 1 aromatic heterocycles. The highest BCUT2D eigenvalue weighted by Gasteiger charge is 2.19. The molecule has 3 nitrogen and oxygen atoms in total. The van der Waals surface area contributed by atoms with Gasteiger partial charge in [0.25, 0.3) is 0 Å². The Kier molecular flexibility index (Phi) is 4.02. The van der Waals surface area contributed by atoms with Crippen LogP contribution in [0.3, 0.4) is 0 Å². The second kappa shape index (κ2) is 5.91. The van der Waals surface area contributed by atoms with Crippen LogP contribution in [0.15, 0.2) is 17.1 Å². The van der Waals surface area contributed by atoms with Crippen LogP contribution in [-0.4, -0.2) is 44.4 Å². The van der Waals surface area contributed by atoms with Gasteiger partial charge in [-0.15, -0.1) is 0 Å². The summed E-state index contributed by atoms with van der Waals surface area (Å²) in [5, 5.41) is 0. The Hall–Kier alpha value is -1.09. The molecule has 1 atom stereocenters. The molecule has 0 aromatic carbocycles. The highest BCUT2D eigenvalue weighted by atomic mass is 15.0. The van der Waals surface area contributed by atoms with Gasteiger partial charge in [0.2, 0.25) is 0 Å². The highest BCUT2D eigenvalue weighted by Crippen LogP contribution is 2.23. The monoisotopic (exact) mass is 253 g/mol. The Morgan fingerprint density at radius 1 is 1.42 bits per heavy atom. The van der Waals surface area contributed by atoms with Crippen LogP contribution < -0.4 is 0 Å². The highest BCUT2D eigenvalue weighted by molar-refractivity contribution is 6.38. The molecule has 1 unspecified atom stereocenters. The van der Waals surface area contributed by atoms with E-state index >= 15 is 0 Å². The van der Waals surface area contributed by atoms with Crippen LogP contribution in [-0.2, 0) is 12.8 Å². The summed E-state index contributed by atoms with van der Waals surface area (Å²) in [6.45, 7) is 2.55. The largest absolute Gasteiger partial charge is 0.349 e. The zero-order valence-corrected chi connectivity index (χ0v) is 11.8. The van der Waals surface area contributed by atoms with Crippen molar-refractivity contribution in [3.05, 3.63) is 23.4 Å². The molecule has 3 rings (SSSR count). The molecule has 1 fully saturated rings. The zero-order chi connectivity index (χ0) is 13.1. The lowest BCUT2D eigenvalue weighted by molar-refractivity contribution is 0.564. The maximum atomic E-state index is 4.68. The van der Waals surface area contributed by atoms with E-state index in [1.54, 1.807) is 0 Å². The number of rotatable bonds is 4. The van der Waals surface area contributed by atoms with E-state index in [4.69, 9.17) is 0 Å². The Morgan fingerprint density at radius 2 is 2.37 bits per heavy atom. The van der Waals surface area contributed by atoms with Gasteiger partial charge in [-0.25, -0.2) is 9.98 Å². The van der Waals surface area contributed by atoms with Gasteiger partial charge >= 0.3 is 0 Å². The zero-order valence-electron chi connectivity index (χ0n) is 11.8. The van der Waals surface area contributed by atoms with Gasteiger partial charge in [-0.05, 0) is 50.4 Å². The molecule has 0 N–H and O–H groups in total. The van der Waals surface area contributed by atoms with Crippen molar-refractivity contribution in [1.82, 2.24) is 9.79 Å². The van der Waals surface area contributed by atoms with Crippen LogP contribution in [0.1, 0.15) is 24.1 Å². The number of aliphatic imine (C=N–C) groups is 1. The van der Waals surface area contributed by atoms with E-state index < -0.39 is 0 Å². The fraction of sp³-hybridized carbons (Fsp3) is 0.571. The fourth-order valence-electron chi connectivity index (χ4n) is 3.17. The van der Waals surface area contributed by atoms with E-state index in [9.17, 15) is 0 Å². The summed E-state index contributed by atoms with van der Waals surface area (Å²) in [4.78, 5) is 11.5. The van der Waals surface area contributed by atoms with Gasteiger partial charge in [-0.2, -0.15) is 0 Å². The summed E-state index contributed by atoms with van der Waals surface area (Å²) in [6.07, 6.45) is 7.88. The lowest BCUT2D eigenvalue weighted by atomic mass is 9.60. The summed E-state index contributed by atoms with van der Waals surface area (Å²) in [5.74, 6) is 1.87. The maximum absolute atomic E-state index is 4.68. The topological polar surface area (TPSA) is 28.5 Å². The number of nitrogens with zero attached hydrogens (tertiary/aromatic N) is 3. The molecule has 1 aromatic rings. The average molecular weight is 253 g/mol. The normalized spacial score (nSPS) is 22.4. The molecule has 0 spiro atoms. The van der Waals surface area contributed by atoms with Gasteiger partial charge in [0.1, 0.15) is 7.28 Å². The minimum absolute atomic E-state index is 0.903. The lowest BCUT2D eigenvalue weighted by Crippen LogP contribution is -2.16. The number of aromatic nitrogens is 1. The summed E-state index contributed by atoms with van der Waals surface area (Å²) in [7, 11) is 3.56. The van der Waals surface area contributed by atoms with Crippen LogP contribution in [0.25, 0.3) is 0 Å². The lowest BCUT2D eigenvalue weighted by Gasteiger charge is -2.11. The molecular weight excluding hydrogens is 232 g/mol. The first-order valence-corrected chi connectivity index (χ1v) is 7.51. The molecule has 0 saturated carbocycles. The molecule has 2 aliphatic heterocycles. The number of hydrogen-bond acceptors (Lipinski definition) is 3. The first-order chi connectivity index (χ1) is 9.31. The third-order valence-electron chi connectivity index (χ3n) is 4.30. The van der Waals surface area contributed by atoms with Crippen molar-refractivity contribution in [2.75, 3.05) is 13.1 Å². The van der Waals surface area contributed by atoms with Crippen molar-refractivity contribution < 1.29 is 0 Å². The van der Waals surface area contributed by atoms with Crippen molar-refractivity contribution in [2.45, 2.75) is 37.8 Å². The van der Waals surface area contributed by atoms with E-state index in [-0.39, 0.29) is 0 Å². The first-order valence-electron chi connectivity index (χ1n) is 7.51. The quantitative estimate of drug-likeness (QED) is 0.753. The summed E-state index contributed by atoms with van der Waals surface area (Å²) < 4.78 is 0. The molecule has 0 radical (unpaired) electrons. The third kappa shape index (κ3) is 3.27. The minimum Gasteiger partial charge on any atom is -0.349 e. The first kappa shape index (κ1) is 12.9. The molecule has 0 bridgehead atoms. The molecule has 2 aliphatic rings. The summed E-state index contributed by atoms with van der Waals surface area (Å²) in [6, 6.07) is 4.41. The molecule has 3 heterocycles. The number of fused-ring (bicyclic) bond motifs is 1. The third-order valence-corrected chi connectivity index (χ3v) is 4.30. The molecule has 5 heteroatoms. The van der Waals surface area contributed by atoms with E-state index in [0.29, 0.717) is 0 Å². The number of pyridine rings is 1. The Bertz CT molecular complexity index is 476. The molecule has 0 amide bonds. The van der Waals surface area contributed by atoms with E-state index in [1.165, 1.54) is 44.4 Å². The molecule has 98 valence electrons.